The fraction of sp³-hybridized carbons (Fsp3) is 0.235. The predicted octanol–water partition coefficient (Wildman–Crippen LogP) is 2.79. The molecule has 124 valence electrons. The highest BCUT2D eigenvalue weighted by Crippen LogP contribution is 2.22. The Labute approximate surface area is 144 Å². The Morgan fingerprint density at radius 2 is 2.08 bits per heavy atom. The van der Waals surface area contributed by atoms with Crippen LogP contribution in [0.25, 0.3) is 11.6 Å². The molecule has 0 aliphatic carbocycles. The van der Waals surface area contributed by atoms with Crippen LogP contribution in [-0.2, 0) is 18.4 Å². The lowest BCUT2D eigenvalue weighted by Gasteiger charge is -2.07. The smallest absolute Gasteiger partial charge is 0.230 e. The molecule has 0 saturated carbocycles. The minimum atomic E-state index is -0.0363. The summed E-state index contributed by atoms with van der Waals surface area (Å²) in [5.41, 5.74) is 2.29. The average Bonchev–Trinajstić information content (AvgIpc) is 3.22. The molecule has 2 heterocycles. The highest BCUT2D eigenvalue weighted by Gasteiger charge is 2.14. The van der Waals surface area contributed by atoms with Crippen molar-refractivity contribution in [2.45, 2.75) is 18.6 Å². The Hall–Kier alpha value is -2.54. The summed E-state index contributed by atoms with van der Waals surface area (Å²) in [5, 5.41) is 11.8. The summed E-state index contributed by atoms with van der Waals surface area (Å²) in [4.78, 5) is 12.0. The van der Waals surface area contributed by atoms with Crippen molar-refractivity contribution in [3.63, 3.8) is 0 Å². The maximum absolute atomic E-state index is 12.0. The van der Waals surface area contributed by atoms with Gasteiger partial charge >= 0.3 is 0 Å². The number of hydrogen-bond acceptors (Lipinski definition) is 5. The van der Waals surface area contributed by atoms with Gasteiger partial charge in [0.25, 0.3) is 0 Å². The van der Waals surface area contributed by atoms with Crippen LogP contribution in [-0.4, -0.2) is 26.4 Å². The number of rotatable bonds is 6. The fourth-order valence-electron chi connectivity index (χ4n) is 2.24. The summed E-state index contributed by atoms with van der Waals surface area (Å²) < 4.78 is 7.14. The number of nitrogens with one attached hydrogen (secondary N) is 1. The largest absolute Gasteiger partial charge is 0.461 e. The lowest BCUT2D eigenvalue weighted by Crippen LogP contribution is -2.25. The molecule has 0 aliphatic heterocycles. The van der Waals surface area contributed by atoms with Gasteiger partial charge < -0.3 is 14.3 Å². The second-order valence-electron chi connectivity index (χ2n) is 5.33. The SMILES string of the molecule is Cc1ccccc1CNC(=O)CSc1nnc(-c2ccco2)n1C. The summed E-state index contributed by atoms with van der Waals surface area (Å²) in [6.45, 7) is 2.56. The van der Waals surface area contributed by atoms with Gasteiger partial charge in [-0.2, -0.15) is 0 Å². The summed E-state index contributed by atoms with van der Waals surface area (Å²) in [7, 11) is 1.85. The van der Waals surface area contributed by atoms with Gasteiger partial charge in [0.15, 0.2) is 16.7 Å². The van der Waals surface area contributed by atoms with E-state index in [0.29, 0.717) is 23.3 Å². The van der Waals surface area contributed by atoms with Gasteiger partial charge in [0.2, 0.25) is 5.91 Å². The lowest BCUT2D eigenvalue weighted by atomic mass is 10.1. The van der Waals surface area contributed by atoms with Gasteiger partial charge in [0, 0.05) is 13.6 Å². The van der Waals surface area contributed by atoms with E-state index in [1.807, 2.05) is 48.9 Å². The number of aryl methyl sites for hydroxylation is 1. The number of amides is 1. The Morgan fingerprint density at radius 1 is 1.25 bits per heavy atom. The van der Waals surface area contributed by atoms with Crippen molar-refractivity contribution in [1.29, 1.82) is 0 Å². The van der Waals surface area contributed by atoms with Crippen LogP contribution in [0.15, 0.2) is 52.2 Å². The molecule has 1 amide bonds. The third-order valence-corrected chi connectivity index (χ3v) is 4.67. The van der Waals surface area contributed by atoms with Crippen molar-refractivity contribution >= 4 is 17.7 Å². The van der Waals surface area contributed by atoms with E-state index in [1.54, 1.807) is 12.3 Å². The first-order valence-corrected chi connectivity index (χ1v) is 8.51. The van der Waals surface area contributed by atoms with Crippen LogP contribution in [0.4, 0.5) is 0 Å². The van der Waals surface area contributed by atoms with Crippen molar-refractivity contribution in [3.05, 3.63) is 53.8 Å². The number of hydrogen-bond donors (Lipinski definition) is 1. The molecule has 0 aliphatic rings. The molecule has 6 nitrogen and oxygen atoms in total. The second-order valence-corrected chi connectivity index (χ2v) is 6.28. The van der Waals surface area contributed by atoms with E-state index in [0.717, 1.165) is 5.56 Å². The summed E-state index contributed by atoms with van der Waals surface area (Å²) >= 11 is 1.35. The minimum Gasteiger partial charge on any atom is -0.461 e. The van der Waals surface area contributed by atoms with E-state index < -0.39 is 0 Å². The molecule has 0 fully saturated rings. The zero-order valence-electron chi connectivity index (χ0n) is 13.5. The topological polar surface area (TPSA) is 73.0 Å². The van der Waals surface area contributed by atoms with Crippen molar-refractivity contribution in [3.8, 4) is 11.6 Å². The zero-order chi connectivity index (χ0) is 16.9. The van der Waals surface area contributed by atoms with Gasteiger partial charge in [0.1, 0.15) is 0 Å². The molecule has 3 aromatic rings. The zero-order valence-corrected chi connectivity index (χ0v) is 14.3. The van der Waals surface area contributed by atoms with Crippen LogP contribution in [0.2, 0.25) is 0 Å². The van der Waals surface area contributed by atoms with Crippen LogP contribution in [0.5, 0.6) is 0 Å². The molecule has 0 atom stereocenters. The Balaban J connectivity index is 1.54. The van der Waals surface area contributed by atoms with Crippen molar-refractivity contribution in [2.75, 3.05) is 5.75 Å². The summed E-state index contributed by atoms with van der Waals surface area (Å²) in [6.07, 6.45) is 1.59. The molecule has 1 N–H and O–H groups in total. The molecule has 24 heavy (non-hydrogen) atoms. The van der Waals surface area contributed by atoms with Crippen molar-refractivity contribution in [2.24, 2.45) is 7.05 Å². The lowest BCUT2D eigenvalue weighted by molar-refractivity contribution is -0.118. The van der Waals surface area contributed by atoms with Gasteiger partial charge in [-0.05, 0) is 30.2 Å². The van der Waals surface area contributed by atoms with Crippen molar-refractivity contribution in [1.82, 2.24) is 20.1 Å². The third kappa shape index (κ3) is 3.68. The second kappa shape index (κ2) is 7.35. The number of carbonyl (C=O) groups excluding carboxylic acids is 1. The van der Waals surface area contributed by atoms with E-state index in [4.69, 9.17) is 4.42 Å². The van der Waals surface area contributed by atoms with E-state index >= 15 is 0 Å². The van der Waals surface area contributed by atoms with Gasteiger partial charge in [-0.1, -0.05) is 36.0 Å². The molecule has 3 rings (SSSR count). The average molecular weight is 342 g/mol. The standard InChI is InChI=1S/C17H18N4O2S/c1-12-6-3-4-7-13(12)10-18-15(22)11-24-17-20-19-16(21(17)2)14-8-5-9-23-14/h3-9H,10-11H2,1-2H3,(H,18,22). The Morgan fingerprint density at radius 3 is 2.83 bits per heavy atom. The molecular formula is C17H18N4O2S. The normalized spacial score (nSPS) is 10.8. The van der Waals surface area contributed by atoms with Crippen LogP contribution < -0.4 is 5.32 Å². The first-order valence-electron chi connectivity index (χ1n) is 7.52. The van der Waals surface area contributed by atoms with E-state index in [2.05, 4.69) is 15.5 Å². The number of nitrogens with zero attached hydrogens (tertiary/aromatic N) is 3. The van der Waals surface area contributed by atoms with E-state index in [9.17, 15) is 4.79 Å². The molecule has 2 aromatic heterocycles. The maximum Gasteiger partial charge on any atom is 0.230 e. The fourth-order valence-corrected chi connectivity index (χ4v) is 2.99. The number of furan rings is 1. The first kappa shape index (κ1) is 16.3. The molecular weight excluding hydrogens is 324 g/mol. The Kier molecular flexibility index (Phi) is 5.00. The van der Waals surface area contributed by atoms with Crippen LogP contribution in [0, 0.1) is 6.92 Å². The quantitative estimate of drug-likeness (QED) is 0.697. The molecule has 0 saturated heterocycles. The first-order chi connectivity index (χ1) is 11.6. The van der Waals surface area contributed by atoms with Gasteiger partial charge in [-0.3, -0.25) is 4.79 Å². The number of benzene rings is 1. The van der Waals surface area contributed by atoms with Gasteiger partial charge in [-0.15, -0.1) is 10.2 Å². The molecule has 1 aromatic carbocycles. The van der Waals surface area contributed by atoms with Gasteiger partial charge in [0.05, 0.1) is 12.0 Å². The van der Waals surface area contributed by atoms with E-state index in [1.165, 1.54) is 17.3 Å². The van der Waals surface area contributed by atoms with Crippen LogP contribution in [0.3, 0.4) is 0 Å². The molecule has 0 spiro atoms. The molecule has 7 heteroatoms. The number of aromatic nitrogens is 3. The highest BCUT2D eigenvalue weighted by molar-refractivity contribution is 7.99. The predicted molar refractivity (Wildman–Crippen MR) is 92.5 cm³/mol. The number of carbonyl (C=O) groups is 1. The van der Waals surface area contributed by atoms with Crippen molar-refractivity contribution < 1.29 is 9.21 Å². The minimum absolute atomic E-state index is 0.0363. The third-order valence-electron chi connectivity index (χ3n) is 3.65. The number of thioether (sulfide) groups is 1. The molecule has 0 unspecified atom stereocenters. The summed E-state index contributed by atoms with van der Waals surface area (Å²) in [6, 6.07) is 11.6. The summed E-state index contributed by atoms with van der Waals surface area (Å²) in [5.74, 6) is 1.55. The molecule has 0 radical (unpaired) electrons. The highest BCUT2D eigenvalue weighted by atomic mass is 32.2. The van der Waals surface area contributed by atoms with Crippen LogP contribution >= 0.6 is 11.8 Å². The van der Waals surface area contributed by atoms with Crippen LogP contribution in [0.1, 0.15) is 11.1 Å². The maximum atomic E-state index is 12.0. The van der Waals surface area contributed by atoms with Gasteiger partial charge in [-0.25, -0.2) is 0 Å². The monoisotopic (exact) mass is 342 g/mol. The molecule has 0 bridgehead atoms. The van der Waals surface area contributed by atoms with E-state index in [-0.39, 0.29) is 11.7 Å². The Bertz CT molecular complexity index is 827.